The number of hydrogen-bond acceptors (Lipinski definition) is 3. The summed E-state index contributed by atoms with van der Waals surface area (Å²) in [6, 6.07) is 7.04. The smallest absolute Gasteiger partial charge is 0.219 e. The third-order valence-corrected chi connectivity index (χ3v) is 4.48. The first-order valence-corrected chi connectivity index (χ1v) is 8.06. The summed E-state index contributed by atoms with van der Waals surface area (Å²) in [6.07, 6.45) is 0. The number of amides is 1. The van der Waals surface area contributed by atoms with Crippen LogP contribution in [0, 0.1) is 0 Å². The lowest BCUT2D eigenvalue weighted by Gasteiger charge is -2.46. The zero-order chi connectivity index (χ0) is 16.4. The fourth-order valence-electron chi connectivity index (χ4n) is 3.29. The number of anilines is 1. The normalized spacial score (nSPS) is 22.1. The van der Waals surface area contributed by atoms with Crippen LogP contribution in [0.1, 0.15) is 46.1 Å². The molecule has 0 N–H and O–H groups in total. The zero-order valence-electron chi connectivity index (χ0n) is 14.6. The molecule has 0 spiro atoms. The second-order valence-electron chi connectivity index (χ2n) is 6.65. The van der Waals surface area contributed by atoms with Crippen LogP contribution in [0.3, 0.4) is 0 Å². The molecule has 0 aromatic heterocycles. The fourth-order valence-corrected chi connectivity index (χ4v) is 3.29. The Labute approximate surface area is 134 Å². The molecule has 1 amide bonds. The second kappa shape index (κ2) is 6.59. The van der Waals surface area contributed by atoms with Gasteiger partial charge >= 0.3 is 0 Å². The number of rotatable bonds is 3. The summed E-state index contributed by atoms with van der Waals surface area (Å²) >= 11 is 0. The van der Waals surface area contributed by atoms with Crippen molar-refractivity contribution in [3.05, 3.63) is 23.8 Å². The molecule has 1 aliphatic heterocycles. The Morgan fingerprint density at radius 2 is 1.77 bits per heavy atom. The summed E-state index contributed by atoms with van der Waals surface area (Å²) in [7, 11) is 1.71. The quantitative estimate of drug-likeness (QED) is 0.859. The van der Waals surface area contributed by atoms with Gasteiger partial charge in [-0.2, -0.15) is 0 Å². The topological polar surface area (TPSA) is 32.8 Å². The highest BCUT2D eigenvalue weighted by atomic mass is 16.5. The van der Waals surface area contributed by atoms with Crippen LogP contribution in [0.15, 0.2) is 18.2 Å². The Bertz CT molecular complexity index is 530. The maximum absolute atomic E-state index is 11.7. The van der Waals surface area contributed by atoms with Gasteiger partial charge in [-0.15, -0.1) is 0 Å². The van der Waals surface area contributed by atoms with Crippen LogP contribution in [0.2, 0.25) is 0 Å². The lowest BCUT2D eigenvalue weighted by Crippen LogP contribution is -2.58. The largest absolute Gasteiger partial charge is 0.497 e. The van der Waals surface area contributed by atoms with E-state index in [1.54, 1.807) is 14.0 Å². The first kappa shape index (κ1) is 16.7. The van der Waals surface area contributed by atoms with E-state index in [-0.39, 0.29) is 5.91 Å². The molecule has 0 saturated carbocycles. The van der Waals surface area contributed by atoms with Crippen molar-refractivity contribution in [3.8, 4) is 5.75 Å². The first-order chi connectivity index (χ1) is 10.3. The molecule has 1 fully saturated rings. The van der Waals surface area contributed by atoms with Crippen LogP contribution in [0.25, 0.3) is 0 Å². The van der Waals surface area contributed by atoms with Crippen molar-refractivity contribution in [2.24, 2.45) is 0 Å². The fraction of sp³-hybridized carbons (Fsp3) is 0.611. The van der Waals surface area contributed by atoms with Gasteiger partial charge in [0.2, 0.25) is 5.91 Å². The van der Waals surface area contributed by atoms with Gasteiger partial charge in [0.15, 0.2) is 0 Å². The molecule has 1 aromatic carbocycles. The first-order valence-electron chi connectivity index (χ1n) is 8.06. The monoisotopic (exact) mass is 304 g/mol. The van der Waals surface area contributed by atoms with Crippen LogP contribution in [0.5, 0.6) is 5.75 Å². The van der Waals surface area contributed by atoms with E-state index < -0.39 is 0 Å². The highest BCUT2D eigenvalue weighted by molar-refractivity contribution is 5.74. The average Bonchev–Trinajstić information content (AvgIpc) is 2.45. The Morgan fingerprint density at radius 1 is 1.18 bits per heavy atom. The van der Waals surface area contributed by atoms with E-state index in [0.29, 0.717) is 18.0 Å². The van der Waals surface area contributed by atoms with Gasteiger partial charge in [0.1, 0.15) is 5.75 Å². The van der Waals surface area contributed by atoms with E-state index in [0.717, 1.165) is 18.8 Å². The van der Waals surface area contributed by atoms with Gasteiger partial charge in [-0.25, -0.2) is 0 Å². The summed E-state index contributed by atoms with van der Waals surface area (Å²) in [5.41, 5.74) is 2.47. The number of nitrogens with zero attached hydrogens (tertiary/aromatic N) is 2. The van der Waals surface area contributed by atoms with Gasteiger partial charge in [0, 0.05) is 43.9 Å². The Morgan fingerprint density at radius 3 is 2.23 bits per heavy atom. The van der Waals surface area contributed by atoms with Gasteiger partial charge in [-0.05, 0) is 37.5 Å². The van der Waals surface area contributed by atoms with E-state index in [2.05, 4.69) is 50.8 Å². The predicted molar refractivity (Wildman–Crippen MR) is 90.7 cm³/mol. The molecule has 1 aliphatic rings. The van der Waals surface area contributed by atoms with Crippen molar-refractivity contribution < 1.29 is 9.53 Å². The summed E-state index contributed by atoms with van der Waals surface area (Å²) < 4.78 is 5.48. The molecule has 122 valence electrons. The van der Waals surface area contributed by atoms with Crippen LogP contribution >= 0.6 is 0 Å². The molecule has 0 bridgehead atoms. The molecule has 1 saturated heterocycles. The van der Waals surface area contributed by atoms with E-state index in [9.17, 15) is 4.79 Å². The minimum atomic E-state index is 0.159. The van der Waals surface area contributed by atoms with E-state index in [4.69, 9.17) is 4.74 Å². The molecule has 0 aliphatic carbocycles. The summed E-state index contributed by atoms with van der Waals surface area (Å²) in [6.45, 7) is 11.9. The van der Waals surface area contributed by atoms with Crippen molar-refractivity contribution in [1.82, 2.24) is 4.90 Å². The summed E-state index contributed by atoms with van der Waals surface area (Å²) in [5, 5.41) is 0. The molecular weight excluding hydrogens is 276 g/mol. The van der Waals surface area contributed by atoms with Crippen LogP contribution in [-0.4, -0.2) is 43.1 Å². The number of benzene rings is 1. The molecule has 4 heteroatoms. The minimum Gasteiger partial charge on any atom is -0.497 e. The highest BCUT2D eigenvalue weighted by Gasteiger charge is 2.31. The molecule has 22 heavy (non-hydrogen) atoms. The average molecular weight is 304 g/mol. The maximum Gasteiger partial charge on any atom is 0.219 e. The van der Waals surface area contributed by atoms with Crippen LogP contribution in [-0.2, 0) is 4.79 Å². The molecule has 2 rings (SSSR count). The van der Waals surface area contributed by atoms with Gasteiger partial charge < -0.3 is 14.5 Å². The van der Waals surface area contributed by atoms with Crippen molar-refractivity contribution in [1.29, 1.82) is 0 Å². The molecule has 1 aromatic rings. The van der Waals surface area contributed by atoms with E-state index >= 15 is 0 Å². The van der Waals surface area contributed by atoms with Crippen molar-refractivity contribution in [2.75, 3.05) is 25.1 Å². The number of methoxy groups -OCH3 is 1. The molecule has 0 radical (unpaired) electrons. The second-order valence-corrected chi connectivity index (χ2v) is 6.65. The molecule has 1 heterocycles. The third kappa shape index (κ3) is 3.37. The van der Waals surface area contributed by atoms with Gasteiger partial charge in [0.25, 0.3) is 0 Å². The maximum atomic E-state index is 11.7. The molecule has 2 atom stereocenters. The van der Waals surface area contributed by atoms with Crippen molar-refractivity contribution >= 4 is 11.6 Å². The number of carbonyl (C=O) groups is 1. The summed E-state index contributed by atoms with van der Waals surface area (Å²) in [5.74, 6) is 1.51. The lowest BCUT2D eigenvalue weighted by atomic mass is 10.00. The standard InChI is InChI=1S/C18H28N2O2/c1-12(2)16-7-17(9-18(8-16)22-6)20-13(3)10-19(15(5)21)11-14(20)4/h7-9,12-14H,10-11H2,1-6H3/t13-,14+. The predicted octanol–water partition coefficient (Wildman–Crippen LogP) is 3.26. The van der Waals surface area contributed by atoms with E-state index in [1.165, 1.54) is 11.3 Å². The Balaban J connectivity index is 2.34. The molecule has 0 unspecified atom stereocenters. The number of piperazine rings is 1. The number of carbonyl (C=O) groups excluding carboxylic acids is 1. The lowest BCUT2D eigenvalue weighted by molar-refractivity contribution is -0.130. The molecule has 4 nitrogen and oxygen atoms in total. The SMILES string of the molecule is COc1cc(C(C)C)cc(N2[C@H](C)CN(C(C)=O)C[C@@H]2C)c1. The van der Waals surface area contributed by atoms with E-state index in [1.807, 2.05) is 4.90 Å². The van der Waals surface area contributed by atoms with Gasteiger partial charge in [0.05, 0.1) is 7.11 Å². The van der Waals surface area contributed by atoms with Crippen molar-refractivity contribution in [2.45, 2.75) is 52.6 Å². The summed E-state index contributed by atoms with van der Waals surface area (Å²) in [4.78, 5) is 16.0. The van der Waals surface area contributed by atoms with Gasteiger partial charge in [-0.3, -0.25) is 4.79 Å². The number of ether oxygens (including phenoxy) is 1. The highest BCUT2D eigenvalue weighted by Crippen LogP contribution is 2.32. The minimum absolute atomic E-state index is 0.159. The Hall–Kier alpha value is -1.71. The Kier molecular flexibility index (Phi) is 4.99. The number of hydrogen-bond donors (Lipinski definition) is 0. The molecular formula is C18H28N2O2. The van der Waals surface area contributed by atoms with Gasteiger partial charge in [-0.1, -0.05) is 13.8 Å². The third-order valence-electron chi connectivity index (χ3n) is 4.48. The zero-order valence-corrected chi connectivity index (χ0v) is 14.6. The van der Waals surface area contributed by atoms with Crippen LogP contribution < -0.4 is 9.64 Å². The van der Waals surface area contributed by atoms with Crippen LogP contribution in [0.4, 0.5) is 5.69 Å². The van der Waals surface area contributed by atoms with Crippen molar-refractivity contribution in [3.63, 3.8) is 0 Å².